The van der Waals surface area contributed by atoms with Gasteiger partial charge in [0.15, 0.2) is 11.5 Å². The van der Waals surface area contributed by atoms with E-state index in [9.17, 15) is 4.79 Å². The van der Waals surface area contributed by atoms with Gasteiger partial charge in [0, 0.05) is 11.8 Å². The van der Waals surface area contributed by atoms with Crippen molar-refractivity contribution < 1.29 is 14.3 Å². The largest absolute Gasteiger partial charge is 0.493 e. The minimum atomic E-state index is -0.147. The zero-order valence-corrected chi connectivity index (χ0v) is 20.0. The Kier molecular flexibility index (Phi) is 9.17. The summed E-state index contributed by atoms with van der Waals surface area (Å²) >= 11 is 0. The van der Waals surface area contributed by atoms with E-state index in [1.807, 2.05) is 18.2 Å². The molecule has 2 aromatic rings. The second kappa shape index (κ2) is 11.6. The van der Waals surface area contributed by atoms with Crippen LogP contribution in [0.5, 0.6) is 11.5 Å². The third-order valence-electron chi connectivity index (χ3n) is 5.19. The van der Waals surface area contributed by atoms with E-state index < -0.39 is 0 Å². The molecule has 0 bridgehead atoms. The summed E-state index contributed by atoms with van der Waals surface area (Å²) in [5.74, 6) is 2.47. The van der Waals surface area contributed by atoms with Crippen molar-refractivity contribution in [1.29, 1.82) is 0 Å². The highest BCUT2D eigenvalue weighted by atomic mass is 16.5. The number of ether oxygens (including phenoxy) is 2. The fraction of sp³-hybridized carbons (Fsp3) is 0.444. The second-order valence-electron chi connectivity index (χ2n) is 8.88. The van der Waals surface area contributed by atoms with E-state index in [0.717, 1.165) is 34.5 Å². The first-order chi connectivity index (χ1) is 14.7. The third kappa shape index (κ3) is 7.16. The van der Waals surface area contributed by atoms with Crippen molar-refractivity contribution in [3.63, 3.8) is 0 Å². The fourth-order valence-electron chi connectivity index (χ4n) is 3.34. The van der Waals surface area contributed by atoms with Crippen molar-refractivity contribution in [2.24, 2.45) is 5.92 Å². The van der Waals surface area contributed by atoms with Crippen LogP contribution in [0.15, 0.2) is 42.5 Å². The fourth-order valence-corrected chi connectivity index (χ4v) is 3.34. The Hall–Kier alpha value is -2.75. The van der Waals surface area contributed by atoms with Crippen LogP contribution in [0.3, 0.4) is 0 Å². The molecule has 0 heterocycles. The van der Waals surface area contributed by atoms with Gasteiger partial charge in [-0.05, 0) is 59.1 Å². The molecule has 4 nitrogen and oxygen atoms in total. The Morgan fingerprint density at radius 3 is 2.16 bits per heavy atom. The molecule has 2 rings (SSSR count). The molecule has 0 saturated carbocycles. The molecule has 0 radical (unpaired) electrons. The van der Waals surface area contributed by atoms with Crippen molar-refractivity contribution in [2.75, 3.05) is 19.0 Å². The lowest BCUT2D eigenvalue weighted by Crippen LogP contribution is -2.13. The Morgan fingerprint density at radius 1 is 0.968 bits per heavy atom. The van der Waals surface area contributed by atoms with Crippen molar-refractivity contribution in [3.8, 4) is 11.5 Å². The van der Waals surface area contributed by atoms with Gasteiger partial charge in [-0.15, -0.1) is 0 Å². The number of amides is 1. The summed E-state index contributed by atoms with van der Waals surface area (Å²) in [6, 6.07) is 11.9. The highest BCUT2D eigenvalue weighted by Crippen LogP contribution is 2.32. The van der Waals surface area contributed by atoms with Crippen molar-refractivity contribution in [3.05, 3.63) is 59.2 Å². The highest BCUT2D eigenvalue weighted by molar-refractivity contribution is 6.03. The van der Waals surface area contributed by atoms with Gasteiger partial charge in [0.25, 0.3) is 0 Å². The second-order valence-corrected chi connectivity index (χ2v) is 8.88. The molecule has 31 heavy (non-hydrogen) atoms. The summed E-state index contributed by atoms with van der Waals surface area (Å²) in [6.07, 6.45) is 4.35. The zero-order chi connectivity index (χ0) is 23.0. The number of rotatable bonds is 10. The predicted octanol–water partition coefficient (Wildman–Crippen LogP) is 7.02. The van der Waals surface area contributed by atoms with E-state index in [1.54, 1.807) is 19.3 Å². The highest BCUT2D eigenvalue weighted by Gasteiger charge is 2.15. The number of hydrogen-bond donors (Lipinski definition) is 1. The van der Waals surface area contributed by atoms with Crippen LogP contribution in [0.2, 0.25) is 0 Å². The number of carbonyl (C=O) groups is 1. The quantitative estimate of drug-likeness (QED) is 0.418. The molecule has 168 valence electrons. The van der Waals surface area contributed by atoms with Crippen molar-refractivity contribution in [2.45, 2.75) is 59.8 Å². The molecule has 0 aromatic heterocycles. The van der Waals surface area contributed by atoms with Gasteiger partial charge < -0.3 is 14.8 Å². The molecule has 0 aliphatic rings. The smallest absolute Gasteiger partial charge is 0.248 e. The van der Waals surface area contributed by atoms with E-state index in [2.05, 4.69) is 65.1 Å². The molecule has 0 saturated heterocycles. The van der Waals surface area contributed by atoms with Crippen LogP contribution in [0, 0.1) is 5.92 Å². The van der Waals surface area contributed by atoms with E-state index in [4.69, 9.17) is 9.47 Å². The van der Waals surface area contributed by atoms with Crippen LogP contribution in [0.1, 0.15) is 76.5 Å². The van der Waals surface area contributed by atoms with E-state index in [1.165, 1.54) is 0 Å². The average Bonchev–Trinajstić information content (AvgIpc) is 2.72. The Morgan fingerprint density at radius 2 is 1.61 bits per heavy atom. The molecular weight excluding hydrogens is 386 g/mol. The van der Waals surface area contributed by atoms with Crippen molar-refractivity contribution in [1.82, 2.24) is 0 Å². The van der Waals surface area contributed by atoms with Crippen molar-refractivity contribution >= 4 is 17.7 Å². The standard InChI is InChI=1S/C27H37NO3/c1-18(2)15-16-31-24-13-11-21(17-25(24)30-7)12-14-26(29)28-27-22(19(3)4)9-8-10-23(27)20(5)6/h8-14,17-20H,15-16H2,1-7H3,(H,28,29)/b14-12+. The summed E-state index contributed by atoms with van der Waals surface area (Å²) < 4.78 is 11.3. The van der Waals surface area contributed by atoms with Crippen LogP contribution >= 0.6 is 0 Å². The van der Waals surface area contributed by atoms with Crippen LogP contribution in [-0.4, -0.2) is 19.6 Å². The van der Waals surface area contributed by atoms with Crippen LogP contribution in [0.4, 0.5) is 5.69 Å². The maximum atomic E-state index is 12.7. The van der Waals surface area contributed by atoms with Gasteiger partial charge in [-0.1, -0.05) is 65.8 Å². The van der Waals surface area contributed by atoms with E-state index in [-0.39, 0.29) is 5.91 Å². The summed E-state index contributed by atoms with van der Waals surface area (Å²) in [5, 5.41) is 3.11. The molecule has 1 N–H and O–H groups in total. The van der Waals surface area contributed by atoms with Gasteiger partial charge in [0.1, 0.15) is 0 Å². The summed E-state index contributed by atoms with van der Waals surface area (Å²) in [5.41, 5.74) is 4.10. The average molecular weight is 424 g/mol. The van der Waals surface area contributed by atoms with Gasteiger partial charge in [0.05, 0.1) is 13.7 Å². The molecule has 0 aliphatic heterocycles. The summed E-state index contributed by atoms with van der Waals surface area (Å²) in [7, 11) is 1.63. The molecule has 0 atom stereocenters. The van der Waals surface area contributed by atoms with Gasteiger partial charge in [-0.25, -0.2) is 0 Å². The summed E-state index contributed by atoms with van der Waals surface area (Å²) in [4.78, 5) is 12.7. The molecule has 0 unspecified atom stereocenters. The number of hydrogen-bond acceptors (Lipinski definition) is 3. The molecule has 0 aliphatic carbocycles. The summed E-state index contributed by atoms with van der Waals surface area (Å²) in [6.45, 7) is 13.6. The van der Waals surface area contributed by atoms with E-state index in [0.29, 0.717) is 30.1 Å². The lowest BCUT2D eigenvalue weighted by molar-refractivity contribution is -0.111. The maximum Gasteiger partial charge on any atom is 0.248 e. The topological polar surface area (TPSA) is 47.6 Å². The first kappa shape index (κ1) is 24.5. The lowest BCUT2D eigenvalue weighted by atomic mass is 9.92. The molecule has 1 amide bonds. The zero-order valence-electron chi connectivity index (χ0n) is 20.0. The number of benzene rings is 2. The molecule has 2 aromatic carbocycles. The van der Waals surface area contributed by atoms with Gasteiger partial charge in [0.2, 0.25) is 5.91 Å². The van der Waals surface area contributed by atoms with Gasteiger partial charge in [-0.3, -0.25) is 4.79 Å². The van der Waals surface area contributed by atoms with Crippen LogP contribution < -0.4 is 14.8 Å². The molecule has 0 spiro atoms. The monoisotopic (exact) mass is 423 g/mol. The Labute approximate surface area is 187 Å². The normalized spacial score (nSPS) is 11.5. The predicted molar refractivity (Wildman–Crippen MR) is 130 cm³/mol. The minimum absolute atomic E-state index is 0.147. The van der Waals surface area contributed by atoms with Gasteiger partial charge in [-0.2, -0.15) is 0 Å². The Bertz CT molecular complexity index is 871. The van der Waals surface area contributed by atoms with E-state index >= 15 is 0 Å². The van der Waals surface area contributed by atoms with Crippen LogP contribution in [-0.2, 0) is 4.79 Å². The minimum Gasteiger partial charge on any atom is -0.493 e. The third-order valence-corrected chi connectivity index (χ3v) is 5.19. The number of para-hydroxylation sites is 1. The first-order valence-corrected chi connectivity index (χ1v) is 11.2. The molecule has 4 heteroatoms. The number of nitrogens with one attached hydrogen (secondary N) is 1. The number of anilines is 1. The molecular formula is C27H37NO3. The maximum absolute atomic E-state index is 12.7. The SMILES string of the molecule is COc1cc(/C=C/C(=O)Nc2c(C(C)C)cccc2C(C)C)ccc1OCCC(C)C. The van der Waals surface area contributed by atoms with Crippen LogP contribution in [0.25, 0.3) is 6.08 Å². The Balaban J connectivity index is 2.15. The number of carbonyl (C=O) groups excluding carboxylic acids is 1. The molecule has 0 fully saturated rings. The first-order valence-electron chi connectivity index (χ1n) is 11.2. The van der Waals surface area contributed by atoms with Gasteiger partial charge >= 0.3 is 0 Å². The lowest BCUT2D eigenvalue weighted by Gasteiger charge is -2.19. The number of methoxy groups -OCH3 is 1.